The van der Waals surface area contributed by atoms with Crippen LogP contribution in [0.2, 0.25) is 0 Å². The summed E-state index contributed by atoms with van der Waals surface area (Å²) >= 11 is 0. The van der Waals surface area contributed by atoms with Crippen LogP contribution in [0.5, 0.6) is 0 Å². The summed E-state index contributed by atoms with van der Waals surface area (Å²) in [7, 11) is 0. The minimum absolute atomic E-state index is 0. The van der Waals surface area contributed by atoms with Crippen molar-refractivity contribution in [2.75, 3.05) is 23.3 Å². The molecule has 2 aliphatic heterocycles. The van der Waals surface area contributed by atoms with E-state index in [1.165, 1.54) is 5.56 Å². The molecule has 0 atom stereocenters. The second-order valence-electron chi connectivity index (χ2n) is 6.55. The number of nitrogens with one attached hydrogen (secondary N) is 2. The zero-order valence-corrected chi connectivity index (χ0v) is 15.3. The molecule has 0 bridgehead atoms. The van der Waals surface area contributed by atoms with Crippen LogP contribution < -0.4 is 15.5 Å². The summed E-state index contributed by atoms with van der Waals surface area (Å²) < 4.78 is 0. The fourth-order valence-corrected chi connectivity index (χ4v) is 3.45. The summed E-state index contributed by atoms with van der Waals surface area (Å²) in [5.74, 6) is 0.126. The highest BCUT2D eigenvalue weighted by atomic mass is 35.5. The van der Waals surface area contributed by atoms with Gasteiger partial charge in [0.25, 0.3) is 5.91 Å². The summed E-state index contributed by atoms with van der Waals surface area (Å²) in [6.07, 6.45) is 2.52. The molecule has 1 fully saturated rings. The van der Waals surface area contributed by atoms with Gasteiger partial charge in [-0.2, -0.15) is 0 Å². The van der Waals surface area contributed by atoms with Gasteiger partial charge in [-0.3, -0.25) is 9.59 Å². The van der Waals surface area contributed by atoms with E-state index in [1.807, 2.05) is 47.4 Å². The number of carbonyl (C=O) groups excluding carboxylic acids is 2. The Kier molecular flexibility index (Phi) is 5.47. The van der Waals surface area contributed by atoms with Crippen LogP contribution in [0.4, 0.5) is 11.4 Å². The highest BCUT2D eigenvalue weighted by Crippen LogP contribution is 2.23. The highest BCUT2D eigenvalue weighted by Gasteiger charge is 2.21. The second kappa shape index (κ2) is 7.79. The van der Waals surface area contributed by atoms with Gasteiger partial charge in [-0.15, -0.1) is 12.4 Å². The first kappa shape index (κ1) is 18.3. The van der Waals surface area contributed by atoms with Crippen LogP contribution in [-0.4, -0.2) is 24.9 Å². The fraction of sp³-hybridized carbons (Fsp3) is 0.300. The number of amides is 2. The molecule has 2 N–H and O–H groups in total. The van der Waals surface area contributed by atoms with Crippen molar-refractivity contribution in [2.45, 2.75) is 25.8 Å². The molecule has 2 aliphatic rings. The third-order valence-electron chi connectivity index (χ3n) is 4.85. The lowest BCUT2D eigenvalue weighted by Crippen LogP contribution is -2.24. The van der Waals surface area contributed by atoms with Crippen molar-refractivity contribution in [3.63, 3.8) is 0 Å². The molecule has 0 aliphatic carbocycles. The van der Waals surface area contributed by atoms with Crippen LogP contribution in [0.25, 0.3) is 0 Å². The third-order valence-corrected chi connectivity index (χ3v) is 4.85. The Labute approximate surface area is 159 Å². The molecule has 2 aromatic carbocycles. The van der Waals surface area contributed by atoms with Gasteiger partial charge in [0.1, 0.15) is 0 Å². The number of hydrogen-bond acceptors (Lipinski definition) is 3. The molecule has 2 heterocycles. The van der Waals surface area contributed by atoms with Crippen LogP contribution in [-0.2, 0) is 17.8 Å². The lowest BCUT2D eigenvalue weighted by molar-refractivity contribution is -0.117. The molecule has 2 amide bonds. The van der Waals surface area contributed by atoms with Gasteiger partial charge >= 0.3 is 0 Å². The number of fused-ring (bicyclic) bond motifs is 1. The Balaban J connectivity index is 0.00000196. The summed E-state index contributed by atoms with van der Waals surface area (Å²) in [5, 5.41) is 6.26. The summed E-state index contributed by atoms with van der Waals surface area (Å²) in [6, 6.07) is 13.6. The molecule has 136 valence electrons. The lowest BCUT2D eigenvalue weighted by Gasteiger charge is -2.16. The maximum absolute atomic E-state index is 12.4. The quantitative estimate of drug-likeness (QED) is 0.868. The normalized spacial score (nSPS) is 15.2. The average Bonchev–Trinajstić information content (AvgIpc) is 3.28. The maximum atomic E-state index is 12.4. The van der Waals surface area contributed by atoms with Gasteiger partial charge in [0.05, 0.1) is 0 Å². The van der Waals surface area contributed by atoms with Gasteiger partial charge in [-0.25, -0.2) is 0 Å². The minimum atomic E-state index is -0.0616. The number of rotatable bonds is 4. The van der Waals surface area contributed by atoms with Crippen LogP contribution >= 0.6 is 12.4 Å². The third kappa shape index (κ3) is 3.68. The molecule has 2 aromatic rings. The minimum Gasteiger partial charge on any atom is -0.384 e. The Morgan fingerprint density at radius 1 is 1.12 bits per heavy atom. The predicted octanol–water partition coefficient (Wildman–Crippen LogP) is 3.13. The predicted molar refractivity (Wildman–Crippen MR) is 105 cm³/mol. The van der Waals surface area contributed by atoms with Crippen molar-refractivity contribution >= 4 is 35.6 Å². The van der Waals surface area contributed by atoms with E-state index >= 15 is 0 Å². The molecule has 0 aromatic heterocycles. The van der Waals surface area contributed by atoms with E-state index in [9.17, 15) is 9.59 Å². The van der Waals surface area contributed by atoms with Gasteiger partial charge in [0, 0.05) is 43.0 Å². The van der Waals surface area contributed by atoms with Crippen molar-refractivity contribution < 1.29 is 9.59 Å². The zero-order chi connectivity index (χ0) is 17.2. The van der Waals surface area contributed by atoms with E-state index in [-0.39, 0.29) is 24.2 Å². The van der Waals surface area contributed by atoms with Crippen LogP contribution in [0.3, 0.4) is 0 Å². The molecular weight excluding hydrogens is 350 g/mol. The molecule has 0 unspecified atom stereocenters. The molecule has 0 saturated carbocycles. The van der Waals surface area contributed by atoms with Crippen molar-refractivity contribution in [3.8, 4) is 0 Å². The first-order valence-corrected chi connectivity index (χ1v) is 8.75. The van der Waals surface area contributed by atoms with Crippen molar-refractivity contribution in [3.05, 3.63) is 59.2 Å². The maximum Gasteiger partial charge on any atom is 0.251 e. The smallest absolute Gasteiger partial charge is 0.251 e. The molecule has 0 radical (unpaired) electrons. The average molecular weight is 372 g/mol. The van der Waals surface area contributed by atoms with E-state index < -0.39 is 0 Å². The van der Waals surface area contributed by atoms with E-state index in [1.54, 1.807) is 0 Å². The van der Waals surface area contributed by atoms with Crippen molar-refractivity contribution in [1.29, 1.82) is 0 Å². The number of carbonyl (C=O) groups is 2. The first-order valence-electron chi connectivity index (χ1n) is 8.75. The molecule has 0 spiro atoms. The van der Waals surface area contributed by atoms with Crippen molar-refractivity contribution in [1.82, 2.24) is 5.32 Å². The van der Waals surface area contributed by atoms with Gasteiger partial charge in [0.2, 0.25) is 5.91 Å². The molecule has 6 heteroatoms. The van der Waals surface area contributed by atoms with Gasteiger partial charge < -0.3 is 15.5 Å². The number of anilines is 2. The second-order valence-corrected chi connectivity index (χ2v) is 6.55. The van der Waals surface area contributed by atoms with Gasteiger partial charge in [-0.05, 0) is 54.3 Å². The molecular formula is C20H22ClN3O2. The van der Waals surface area contributed by atoms with E-state index in [2.05, 4.69) is 10.6 Å². The standard InChI is InChI=1S/C20H21N3O2.ClH/c24-19-2-1-11-23(19)17-6-3-14(4-7-17)13-22-20(25)16-5-8-18-15(12-16)9-10-21-18;/h3-8,12,21H,1-2,9-11,13H2,(H,22,25);1H. The van der Waals surface area contributed by atoms with Gasteiger partial charge in [-0.1, -0.05) is 12.1 Å². The topological polar surface area (TPSA) is 61.4 Å². The Morgan fingerprint density at radius 2 is 1.92 bits per heavy atom. The van der Waals surface area contributed by atoms with E-state index in [0.29, 0.717) is 18.5 Å². The SMILES string of the molecule is Cl.O=C(NCc1ccc(N2CCCC2=O)cc1)c1ccc2c(c1)CCN2. The van der Waals surface area contributed by atoms with Crippen molar-refractivity contribution in [2.24, 2.45) is 0 Å². The zero-order valence-electron chi connectivity index (χ0n) is 14.5. The summed E-state index contributed by atoms with van der Waals surface area (Å²) in [5.41, 5.74) is 4.98. The van der Waals surface area contributed by atoms with Gasteiger partial charge in [0.15, 0.2) is 0 Å². The Hall–Kier alpha value is -2.53. The largest absolute Gasteiger partial charge is 0.384 e. The summed E-state index contributed by atoms with van der Waals surface area (Å²) in [4.78, 5) is 25.9. The molecule has 4 rings (SSSR count). The van der Waals surface area contributed by atoms with Crippen LogP contribution in [0, 0.1) is 0 Å². The number of nitrogens with zero attached hydrogens (tertiary/aromatic N) is 1. The monoisotopic (exact) mass is 371 g/mol. The van der Waals surface area contributed by atoms with Crippen LogP contribution in [0.1, 0.15) is 34.3 Å². The fourth-order valence-electron chi connectivity index (χ4n) is 3.45. The first-order chi connectivity index (χ1) is 12.2. The van der Waals surface area contributed by atoms with E-state index in [0.717, 1.165) is 42.9 Å². The Morgan fingerprint density at radius 3 is 2.65 bits per heavy atom. The summed E-state index contributed by atoms with van der Waals surface area (Å²) in [6.45, 7) is 2.21. The highest BCUT2D eigenvalue weighted by molar-refractivity contribution is 5.96. The Bertz CT molecular complexity index is 820. The van der Waals surface area contributed by atoms with E-state index in [4.69, 9.17) is 0 Å². The number of hydrogen-bond donors (Lipinski definition) is 2. The molecule has 1 saturated heterocycles. The number of halogens is 1. The molecule has 5 nitrogen and oxygen atoms in total. The van der Waals surface area contributed by atoms with Crippen LogP contribution in [0.15, 0.2) is 42.5 Å². The number of benzene rings is 2. The lowest BCUT2D eigenvalue weighted by atomic mass is 10.1. The molecule has 26 heavy (non-hydrogen) atoms.